The number of halogens is 1. The lowest BCUT2D eigenvalue weighted by atomic mass is 9.66. The lowest BCUT2D eigenvalue weighted by Gasteiger charge is -2.34. The number of nitriles is 2. The van der Waals surface area contributed by atoms with E-state index in [2.05, 4.69) is 237 Å². The van der Waals surface area contributed by atoms with Gasteiger partial charge < -0.3 is 9.31 Å². The van der Waals surface area contributed by atoms with E-state index in [1.165, 1.54) is 55.6 Å². The number of benzene rings is 12. The maximum absolute atomic E-state index is 10.1. The number of fused-ring (bicyclic) bond motifs is 10. The minimum Gasteiger partial charge on any atom is -0.399 e. The highest BCUT2D eigenvalue weighted by Gasteiger charge is 2.53. The smallest absolute Gasteiger partial charge is 0.399 e. The van der Waals surface area contributed by atoms with Crippen LogP contribution < -0.4 is 5.46 Å². The fourth-order valence-electron chi connectivity index (χ4n) is 15.4. The number of hydrogen-bond donors (Lipinski definition) is 0. The Morgan fingerprint density at radius 3 is 0.991 bits per heavy atom. The van der Waals surface area contributed by atoms with Crippen molar-refractivity contribution < 1.29 is 9.31 Å². The van der Waals surface area contributed by atoms with E-state index in [0.29, 0.717) is 29.1 Å². The first kappa shape index (κ1) is 67.0. The third kappa shape index (κ3) is 11.5. The van der Waals surface area contributed by atoms with E-state index < -0.39 is 29.2 Å². The molecule has 0 N–H and O–H groups in total. The van der Waals surface area contributed by atoms with E-state index >= 15 is 0 Å². The average Bonchev–Trinajstić information content (AvgIpc) is 1.53. The Labute approximate surface area is 628 Å². The third-order valence-electron chi connectivity index (χ3n) is 21.0. The summed E-state index contributed by atoms with van der Waals surface area (Å²) in [6, 6.07) is 110. The van der Waals surface area contributed by atoms with E-state index in [9.17, 15) is 10.5 Å². The molecule has 1 fully saturated rings. The molecule has 3 aliphatic rings. The fourth-order valence-corrected chi connectivity index (χ4v) is 17.3. The van der Waals surface area contributed by atoms with E-state index in [4.69, 9.17) is 35.9 Å². The van der Waals surface area contributed by atoms with Gasteiger partial charge in [-0.1, -0.05) is 291 Å². The summed E-state index contributed by atoms with van der Waals surface area (Å²) in [5, 5.41) is 26.4. The summed E-state index contributed by atoms with van der Waals surface area (Å²) in [5.41, 5.74) is 19.4. The van der Waals surface area contributed by atoms with Crippen molar-refractivity contribution >= 4 is 67.0 Å². The zero-order valence-electron chi connectivity index (χ0n) is 58.2. The molecule has 5 heterocycles. The molecule has 0 amide bonds. The van der Waals surface area contributed by atoms with Crippen molar-refractivity contribution in [1.82, 2.24) is 29.9 Å². The van der Waals surface area contributed by atoms with E-state index in [0.717, 1.165) is 75.7 Å². The van der Waals surface area contributed by atoms with Gasteiger partial charge in [-0.3, -0.25) is 0 Å². The predicted molar refractivity (Wildman–Crippen MR) is 429 cm³/mol. The van der Waals surface area contributed by atoms with Crippen LogP contribution in [-0.2, 0) is 20.1 Å². The van der Waals surface area contributed by atoms with Crippen LogP contribution in [0.5, 0.6) is 0 Å². The van der Waals surface area contributed by atoms with Crippen molar-refractivity contribution in [2.75, 3.05) is 0 Å². The number of aromatic nitrogens is 6. The first-order valence-electron chi connectivity index (χ1n) is 35.0. The summed E-state index contributed by atoms with van der Waals surface area (Å²) in [6.07, 6.45) is 0. The van der Waals surface area contributed by atoms with E-state index in [1.807, 2.05) is 132 Å². The average molecular weight is 1420 g/mol. The molecule has 1 saturated heterocycles. The summed E-state index contributed by atoms with van der Waals surface area (Å²) in [7, 11) is -0.413. The minimum absolute atomic E-state index is 0.202. The highest BCUT2D eigenvalue weighted by atomic mass is 35.5. The maximum Gasteiger partial charge on any atom is 0.494 e. The van der Waals surface area contributed by atoms with Crippen molar-refractivity contribution in [3.05, 3.63) is 375 Å². The number of hydrogen-bond acceptors (Lipinski definition) is 12. The van der Waals surface area contributed by atoms with Gasteiger partial charge in [-0.2, -0.15) is 20.5 Å². The molecule has 1 aliphatic heterocycles. The number of nitrogens with zero attached hydrogens (tertiary/aromatic N) is 8. The first-order chi connectivity index (χ1) is 51.9. The maximum atomic E-state index is 10.1. The Morgan fingerprint density at radius 2 is 0.632 bits per heavy atom. The molecule has 10 nitrogen and oxygen atoms in total. The molecule has 2 unspecified atom stereocenters. The SMILES string of the molecule is CC1(C)OB(c2ccc(C3(c4ccccc4)c4ccccc4-c4c3ccc3scc(C#N)c43)cc2)OC1(C)C.Clc1nc(-c2ccccc2)nc(-c2ccccc2)n1.N#Cc1csc2ccc3c(c12)-c1ccccc1C3(c1ccccc1)c1ccc(-c2nc(-c3ccccc3)nc(-c3ccccc3)n2)cc1. The van der Waals surface area contributed by atoms with Crippen molar-refractivity contribution in [3.8, 4) is 91.3 Å². The molecule has 4 aromatic heterocycles. The zero-order valence-corrected chi connectivity index (χ0v) is 60.6. The van der Waals surface area contributed by atoms with Crippen molar-refractivity contribution in [3.63, 3.8) is 0 Å². The summed E-state index contributed by atoms with van der Waals surface area (Å²) < 4.78 is 15.0. The van der Waals surface area contributed by atoms with Crippen LogP contribution in [0.4, 0.5) is 0 Å². The lowest BCUT2D eigenvalue weighted by molar-refractivity contribution is 0.00578. The van der Waals surface area contributed by atoms with Gasteiger partial charge in [0.25, 0.3) is 0 Å². The third-order valence-corrected chi connectivity index (χ3v) is 23.0. The minimum atomic E-state index is -0.585. The molecule has 19 rings (SSSR count). The van der Waals surface area contributed by atoms with Crippen molar-refractivity contribution in [2.24, 2.45) is 0 Å². The summed E-state index contributed by atoms with van der Waals surface area (Å²) in [4.78, 5) is 27.6. The molecule has 12 aromatic carbocycles. The number of rotatable bonds is 10. The second-order valence-electron chi connectivity index (χ2n) is 27.4. The first-order valence-corrected chi connectivity index (χ1v) is 37.2. The zero-order chi connectivity index (χ0) is 72.2. The van der Waals surface area contributed by atoms with Crippen LogP contribution in [0.15, 0.2) is 314 Å². The predicted octanol–water partition coefficient (Wildman–Crippen LogP) is 21.6. The van der Waals surface area contributed by atoms with E-state index in [-0.39, 0.29) is 5.28 Å². The largest absolute Gasteiger partial charge is 0.494 e. The highest BCUT2D eigenvalue weighted by molar-refractivity contribution is 7.17. The van der Waals surface area contributed by atoms with Crippen molar-refractivity contribution in [1.29, 1.82) is 10.5 Å². The Hall–Kier alpha value is -12.2. The quantitative estimate of drug-likeness (QED) is 0.121. The molecule has 0 spiro atoms. The fraction of sp³-hybridized carbons (Fsp3) is 0.0870. The summed E-state index contributed by atoms with van der Waals surface area (Å²) >= 11 is 9.25. The summed E-state index contributed by atoms with van der Waals surface area (Å²) in [5.74, 6) is 3.06. The topological polar surface area (TPSA) is 143 Å². The molecule has 0 bridgehead atoms. The van der Waals surface area contributed by atoms with Crippen LogP contribution in [0.2, 0.25) is 5.28 Å². The molecule has 0 radical (unpaired) electrons. The van der Waals surface area contributed by atoms with Crippen LogP contribution in [0, 0.1) is 22.7 Å². The monoisotopic (exact) mass is 1420 g/mol. The molecular formula is C92H64BClN8O2S2. The van der Waals surface area contributed by atoms with Gasteiger partial charge in [0, 0.05) is 58.7 Å². The van der Waals surface area contributed by atoms with Gasteiger partial charge in [0.15, 0.2) is 29.1 Å². The van der Waals surface area contributed by atoms with Gasteiger partial charge in [-0.25, -0.2) is 19.9 Å². The Morgan fingerprint density at radius 1 is 0.330 bits per heavy atom. The van der Waals surface area contributed by atoms with Gasteiger partial charge in [0.05, 0.1) is 33.2 Å². The number of thiophene rings is 2. The standard InChI is InChI=1S/C43H26N4S.C34H28BNO2S.C15H10ClN3/c44-26-31-27-48-37-25-24-36-39(38(31)37)34-18-10-11-19-35(34)43(36,32-16-8-3-9-17-32)33-22-20-30(21-23-33)42-46-40(28-12-4-1-5-13-28)45-41(47-42)29-14-6-2-7-15-29;1-32(2)33(3,4)38-35(37-32)25-16-14-24(15-17-25)34(23-10-6-5-7-11-23)27-13-9-8-12-26(27)31-28(34)18-19-29-30(31)22(20-36)21-39-29;16-15-18-13(11-7-3-1-4-8-11)17-14(19-15)12-9-5-2-6-10-12/h1-25,27H;5-19,21H,1-4H3;1-10H. The molecule has 16 aromatic rings. The highest BCUT2D eigenvalue weighted by Crippen LogP contribution is 2.60. The second-order valence-corrected chi connectivity index (χ2v) is 29.5. The molecule has 0 saturated carbocycles. The van der Waals surface area contributed by atoms with Crippen LogP contribution in [0.3, 0.4) is 0 Å². The van der Waals surface area contributed by atoms with Gasteiger partial charge >= 0.3 is 7.12 Å². The Bertz CT molecular complexity index is 5940. The Balaban J connectivity index is 0.000000127. The molecule has 506 valence electrons. The van der Waals surface area contributed by atoms with Gasteiger partial charge in [0.2, 0.25) is 5.28 Å². The molecule has 14 heteroatoms. The van der Waals surface area contributed by atoms with Crippen LogP contribution in [0.1, 0.15) is 83.3 Å². The Kier molecular flexibility index (Phi) is 17.4. The molecular weight excluding hydrogens is 1360 g/mol. The van der Waals surface area contributed by atoms with Crippen LogP contribution in [-0.4, -0.2) is 48.2 Å². The lowest BCUT2D eigenvalue weighted by Crippen LogP contribution is -2.41. The normalized spacial score (nSPS) is 16.1. The molecule has 106 heavy (non-hydrogen) atoms. The van der Waals surface area contributed by atoms with E-state index in [1.54, 1.807) is 22.7 Å². The second kappa shape index (κ2) is 27.5. The van der Waals surface area contributed by atoms with Crippen molar-refractivity contribution in [2.45, 2.75) is 49.7 Å². The molecule has 2 atom stereocenters. The van der Waals surface area contributed by atoms with Crippen LogP contribution >= 0.6 is 34.3 Å². The molecule has 2 aliphatic carbocycles. The van der Waals surface area contributed by atoms with Gasteiger partial charge in [-0.05, 0) is 124 Å². The van der Waals surface area contributed by atoms with Gasteiger partial charge in [0.1, 0.15) is 12.1 Å². The van der Waals surface area contributed by atoms with Gasteiger partial charge in [-0.15, -0.1) is 22.7 Å². The van der Waals surface area contributed by atoms with Crippen LogP contribution in [0.25, 0.3) is 99.4 Å². The summed E-state index contributed by atoms with van der Waals surface area (Å²) in [6.45, 7) is 8.33.